The summed E-state index contributed by atoms with van der Waals surface area (Å²) in [5.41, 5.74) is 2.94. The molecule has 4 aromatic carbocycles. The van der Waals surface area contributed by atoms with Gasteiger partial charge in [0.2, 0.25) is 0 Å². The molecular weight excluding hydrogens is 462 g/mol. The first kappa shape index (κ1) is 23.9. The number of halogens is 2. The fraction of sp³-hybridized carbons (Fsp3) is 0.0690. The third-order valence-corrected chi connectivity index (χ3v) is 12.9. The summed E-state index contributed by atoms with van der Waals surface area (Å²) in [4.78, 5) is 0. The SMILES string of the molecule is Cl.Cn1nc(P(C)(c2ccccc2)(c2ccccc2)c2ccccc2)cc1-c1ccc(F)cc1. The van der Waals surface area contributed by atoms with E-state index in [1.165, 1.54) is 28.0 Å². The summed E-state index contributed by atoms with van der Waals surface area (Å²) in [5.74, 6) is -0.242. The van der Waals surface area contributed by atoms with Crippen LogP contribution in [0, 0.1) is 5.82 Å². The van der Waals surface area contributed by atoms with E-state index in [0.29, 0.717) is 0 Å². The Labute approximate surface area is 206 Å². The predicted molar refractivity (Wildman–Crippen MR) is 147 cm³/mol. The molecule has 0 aliphatic heterocycles. The van der Waals surface area contributed by atoms with Crippen LogP contribution in [0.25, 0.3) is 11.3 Å². The molecule has 1 heterocycles. The molecule has 5 rings (SSSR count). The average molecular weight is 489 g/mol. The van der Waals surface area contributed by atoms with E-state index in [-0.39, 0.29) is 18.2 Å². The number of hydrogen-bond acceptors (Lipinski definition) is 1. The van der Waals surface area contributed by atoms with Gasteiger partial charge in [0.1, 0.15) is 0 Å². The van der Waals surface area contributed by atoms with Gasteiger partial charge in [-0.15, -0.1) is 12.4 Å². The number of aromatic nitrogens is 2. The Bertz CT molecular complexity index is 1290. The summed E-state index contributed by atoms with van der Waals surface area (Å²) in [7, 11) is 1.96. The van der Waals surface area contributed by atoms with Gasteiger partial charge in [0.25, 0.3) is 0 Å². The molecule has 0 saturated heterocycles. The Hall–Kier alpha value is -3.26. The van der Waals surface area contributed by atoms with Crippen molar-refractivity contribution in [3.8, 4) is 11.3 Å². The van der Waals surface area contributed by atoms with Gasteiger partial charge in [-0.2, -0.15) is 0 Å². The van der Waals surface area contributed by atoms with E-state index < -0.39 is 6.60 Å². The van der Waals surface area contributed by atoms with E-state index in [1.807, 2.05) is 23.9 Å². The summed E-state index contributed by atoms with van der Waals surface area (Å²) in [6, 6.07) is 41.0. The molecule has 5 heteroatoms. The van der Waals surface area contributed by atoms with Crippen molar-refractivity contribution in [2.24, 2.45) is 7.05 Å². The van der Waals surface area contributed by atoms with Crippen molar-refractivity contribution in [3.05, 3.63) is 127 Å². The second-order valence-electron chi connectivity index (χ2n) is 8.59. The molecule has 0 unspecified atom stereocenters. The summed E-state index contributed by atoms with van der Waals surface area (Å²) >= 11 is 0. The minimum atomic E-state index is -3.18. The zero-order chi connectivity index (χ0) is 22.9. The standard InChI is InChI=1S/C29H26FN2P.ClH/c1-32-28(23-18-20-24(30)21-19-23)22-29(31-32)33(2,25-12-6-3-7-13-25,26-14-8-4-9-15-26)27-16-10-5-11-17-27;/h3-22H,1-2H3;1H. The molecule has 0 N–H and O–H groups in total. The normalized spacial score (nSPS) is 12.4. The third kappa shape index (κ3) is 3.57. The molecule has 0 atom stereocenters. The Morgan fingerprint density at radius 3 is 1.47 bits per heavy atom. The zero-order valence-corrected chi connectivity index (χ0v) is 20.9. The Kier molecular flexibility index (Phi) is 6.45. The summed E-state index contributed by atoms with van der Waals surface area (Å²) in [6.45, 7) is -0.794. The van der Waals surface area contributed by atoms with Gasteiger partial charge in [-0.3, -0.25) is 0 Å². The molecule has 172 valence electrons. The first-order valence-electron chi connectivity index (χ1n) is 11.0. The average Bonchev–Trinajstić information content (AvgIpc) is 3.28. The molecule has 0 amide bonds. The quantitative estimate of drug-likeness (QED) is 0.301. The summed E-state index contributed by atoms with van der Waals surface area (Å²) < 4.78 is 15.5. The molecular formula is C29H27ClFN2P. The van der Waals surface area contributed by atoms with Gasteiger partial charge in [-0.05, 0) is 0 Å². The molecule has 0 spiro atoms. The van der Waals surface area contributed by atoms with E-state index in [1.54, 1.807) is 0 Å². The van der Waals surface area contributed by atoms with Crippen LogP contribution in [0.15, 0.2) is 121 Å². The predicted octanol–water partition coefficient (Wildman–Crippen LogP) is 5.43. The first-order chi connectivity index (χ1) is 16.0. The van der Waals surface area contributed by atoms with Crippen molar-refractivity contribution in [1.29, 1.82) is 0 Å². The Balaban J connectivity index is 0.00000274. The van der Waals surface area contributed by atoms with Crippen molar-refractivity contribution in [2.45, 2.75) is 0 Å². The topological polar surface area (TPSA) is 17.8 Å². The van der Waals surface area contributed by atoms with E-state index >= 15 is 0 Å². The monoisotopic (exact) mass is 488 g/mol. The minimum absolute atomic E-state index is 0. The zero-order valence-electron chi connectivity index (χ0n) is 19.2. The molecule has 5 aromatic rings. The maximum atomic E-state index is 13.6. The van der Waals surface area contributed by atoms with E-state index in [4.69, 9.17) is 5.10 Å². The fourth-order valence-electron chi connectivity index (χ4n) is 4.86. The Morgan fingerprint density at radius 2 is 1.06 bits per heavy atom. The van der Waals surface area contributed by atoms with Gasteiger partial charge >= 0.3 is 194 Å². The van der Waals surface area contributed by atoms with Crippen LogP contribution in [0.5, 0.6) is 0 Å². The van der Waals surface area contributed by atoms with Gasteiger partial charge < -0.3 is 0 Å². The van der Waals surface area contributed by atoms with Gasteiger partial charge in [-0.25, -0.2) is 0 Å². The van der Waals surface area contributed by atoms with Crippen molar-refractivity contribution >= 4 is 40.4 Å². The molecule has 0 bridgehead atoms. The number of hydrogen-bond donors (Lipinski definition) is 0. The number of aryl methyl sites for hydroxylation is 1. The molecule has 0 fully saturated rings. The van der Waals surface area contributed by atoms with Crippen molar-refractivity contribution in [2.75, 3.05) is 6.66 Å². The van der Waals surface area contributed by atoms with Gasteiger partial charge in [0.05, 0.1) is 0 Å². The van der Waals surface area contributed by atoms with Crippen LogP contribution >= 0.6 is 19.0 Å². The molecule has 0 saturated carbocycles. The van der Waals surface area contributed by atoms with Crippen LogP contribution in [-0.2, 0) is 7.05 Å². The number of rotatable bonds is 5. The summed E-state index contributed by atoms with van der Waals surface area (Å²) in [6.07, 6.45) is 0. The van der Waals surface area contributed by atoms with Crippen LogP contribution in [0.2, 0.25) is 0 Å². The van der Waals surface area contributed by atoms with Crippen LogP contribution in [0.1, 0.15) is 0 Å². The van der Waals surface area contributed by atoms with Gasteiger partial charge in [-0.1, -0.05) is 0 Å². The number of benzene rings is 4. The van der Waals surface area contributed by atoms with E-state index in [0.717, 1.165) is 16.7 Å². The number of nitrogens with zero attached hydrogens (tertiary/aromatic N) is 2. The molecule has 2 nitrogen and oxygen atoms in total. The molecule has 0 aliphatic rings. The Morgan fingerprint density at radius 1 is 0.647 bits per heavy atom. The van der Waals surface area contributed by atoms with Crippen LogP contribution < -0.4 is 21.3 Å². The fourth-order valence-corrected chi connectivity index (χ4v) is 10.1. The first-order valence-corrected chi connectivity index (χ1v) is 13.7. The van der Waals surface area contributed by atoms with Crippen molar-refractivity contribution in [3.63, 3.8) is 0 Å². The van der Waals surface area contributed by atoms with Crippen LogP contribution in [0.4, 0.5) is 4.39 Å². The molecule has 0 aliphatic carbocycles. The molecule has 34 heavy (non-hydrogen) atoms. The van der Waals surface area contributed by atoms with Crippen molar-refractivity contribution in [1.82, 2.24) is 9.78 Å². The third-order valence-electron chi connectivity index (χ3n) is 6.78. The van der Waals surface area contributed by atoms with Crippen LogP contribution in [-0.4, -0.2) is 16.4 Å². The van der Waals surface area contributed by atoms with Crippen LogP contribution in [0.3, 0.4) is 0 Å². The van der Waals surface area contributed by atoms with Crippen molar-refractivity contribution < 1.29 is 4.39 Å². The maximum absolute atomic E-state index is 13.6. The molecule has 0 radical (unpaired) electrons. The second-order valence-corrected chi connectivity index (χ2v) is 13.7. The summed E-state index contributed by atoms with van der Waals surface area (Å²) in [5, 5.41) is 8.93. The van der Waals surface area contributed by atoms with Gasteiger partial charge in [0.15, 0.2) is 0 Å². The molecule has 1 aromatic heterocycles. The van der Waals surface area contributed by atoms with Gasteiger partial charge in [0, 0.05) is 0 Å². The van der Waals surface area contributed by atoms with E-state index in [2.05, 4.69) is 104 Å². The second kappa shape index (κ2) is 9.18. The van der Waals surface area contributed by atoms with E-state index in [9.17, 15) is 4.39 Å².